The highest BCUT2D eigenvalue weighted by Crippen LogP contribution is 2.07. The molecule has 0 fully saturated rings. The van der Waals surface area contributed by atoms with Crippen LogP contribution in [-0.4, -0.2) is 31.5 Å². The second-order valence-electron chi connectivity index (χ2n) is 5.56. The lowest BCUT2D eigenvalue weighted by Gasteiger charge is -2.16. The van der Waals surface area contributed by atoms with E-state index in [-0.39, 0.29) is 13.2 Å². The van der Waals surface area contributed by atoms with Crippen molar-refractivity contribution in [2.45, 2.75) is 25.7 Å². The zero-order chi connectivity index (χ0) is 19.7. The minimum absolute atomic E-state index is 0.109. The van der Waals surface area contributed by atoms with Crippen molar-refractivity contribution < 1.29 is 32.0 Å². The molecule has 144 valence electrons. The van der Waals surface area contributed by atoms with Gasteiger partial charge < -0.3 is 9.84 Å². The van der Waals surface area contributed by atoms with Crippen LogP contribution in [0, 0.1) is 0 Å². The third kappa shape index (κ3) is 7.57. The van der Waals surface area contributed by atoms with Crippen molar-refractivity contribution in [3.05, 3.63) is 71.8 Å². The summed E-state index contributed by atoms with van der Waals surface area (Å²) in [5.74, 6) is -2.37. The number of benzene rings is 2. The zero-order valence-electron chi connectivity index (χ0n) is 14.3. The van der Waals surface area contributed by atoms with Crippen LogP contribution in [-0.2, 0) is 42.0 Å². The Morgan fingerprint density at radius 1 is 0.926 bits per heavy atom. The molecule has 0 aromatic heterocycles. The molecule has 9 heteroatoms. The van der Waals surface area contributed by atoms with E-state index in [1.165, 1.54) is 0 Å². The van der Waals surface area contributed by atoms with E-state index in [4.69, 9.17) is 14.0 Å². The number of carboxylic acid groups (broad SMARTS) is 1. The number of nitrogens with one attached hydrogen (secondary N) is 1. The summed E-state index contributed by atoms with van der Waals surface area (Å²) >= 11 is 0. The minimum Gasteiger partial charge on any atom is -0.481 e. The summed E-state index contributed by atoms with van der Waals surface area (Å²) in [7, 11) is -4.37. The number of aliphatic carboxylic acids is 1. The van der Waals surface area contributed by atoms with Crippen LogP contribution in [0.1, 0.15) is 17.5 Å². The first-order chi connectivity index (χ1) is 12.9. The second-order valence-corrected chi connectivity index (χ2v) is 6.94. The van der Waals surface area contributed by atoms with Crippen molar-refractivity contribution in [1.29, 1.82) is 0 Å². The summed E-state index contributed by atoms with van der Waals surface area (Å²) in [6.07, 6.45) is -0.776. The van der Waals surface area contributed by atoms with Gasteiger partial charge in [0.2, 0.25) is 0 Å². The van der Waals surface area contributed by atoms with Crippen LogP contribution in [0.2, 0.25) is 0 Å². The van der Waals surface area contributed by atoms with E-state index in [1.54, 1.807) is 60.7 Å². The van der Waals surface area contributed by atoms with Crippen molar-refractivity contribution in [2.75, 3.05) is 0 Å². The van der Waals surface area contributed by atoms with Crippen molar-refractivity contribution in [3.63, 3.8) is 0 Å². The molecular formula is C18H19NO7S. The van der Waals surface area contributed by atoms with Gasteiger partial charge in [0.05, 0.1) is 13.0 Å². The van der Waals surface area contributed by atoms with Crippen molar-refractivity contribution in [3.8, 4) is 0 Å². The Hall–Kier alpha value is -2.75. The van der Waals surface area contributed by atoms with Crippen LogP contribution in [0.3, 0.4) is 0 Å². The molecule has 0 aliphatic carbocycles. The van der Waals surface area contributed by atoms with Gasteiger partial charge >= 0.3 is 22.2 Å². The van der Waals surface area contributed by atoms with E-state index in [1.807, 2.05) is 4.72 Å². The van der Waals surface area contributed by atoms with Gasteiger partial charge in [0.15, 0.2) is 0 Å². The maximum Gasteiger partial charge on any atom is 0.336 e. The number of carbonyl (C=O) groups is 2. The molecule has 8 nitrogen and oxygen atoms in total. The van der Waals surface area contributed by atoms with Gasteiger partial charge in [-0.2, -0.15) is 13.1 Å². The second kappa shape index (κ2) is 9.81. The van der Waals surface area contributed by atoms with Crippen molar-refractivity contribution >= 4 is 22.2 Å². The van der Waals surface area contributed by atoms with E-state index < -0.39 is 34.7 Å². The normalized spacial score (nSPS) is 12.3. The molecule has 0 unspecified atom stereocenters. The molecule has 0 amide bonds. The monoisotopic (exact) mass is 393 g/mol. The fourth-order valence-corrected chi connectivity index (χ4v) is 2.99. The fraction of sp³-hybridized carbons (Fsp3) is 0.222. The average molecular weight is 393 g/mol. The number of carboxylic acids is 1. The molecule has 0 aliphatic rings. The van der Waals surface area contributed by atoms with Gasteiger partial charge in [0.25, 0.3) is 0 Å². The summed E-state index contributed by atoms with van der Waals surface area (Å²) in [5, 5.41) is 8.94. The number of ether oxygens (including phenoxy) is 1. The molecule has 0 saturated carbocycles. The molecule has 2 aromatic carbocycles. The van der Waals surface area contributed by atoms with E-state index in [0.29, 0.717) is 11.1 Å². The van der Waals surface area contributed by atoms with Crippen molar-refractivity contribution in [2.24, 2.45) is 0 Å². The molecule has 0 aliphatic heterocycles. The molecule has 2 N–H and O–H groups in total. The van der Waals surface area contributed by atoms with Crippen LogP contribution < -0.4 is 4.72 Å². The largest absolute Gasteiger partial charge is 0.481 e. The Labute approximate surface area is 157 Å². The smallest absolute Gasteiger partial charge is 0.336 e. The topological polar surface area (TPSA) is 119 Å². The van der Waals surface area contributed by atoms with Crippen LogP contribution in [0.15, 0.2) is 60.7 Å². The van der Waals surface area contributed by atoms with Gasteiger partial charge in [-0.3, -0.25) is 13.8 Å². The number of hydrogen-bond donors (Lipinski definition) is 2. The molecule has 27 heavy (non-hydrogen) atoms. The standard InChI is InChI=1S/C18H19NO7S/c20-17(21)11-16(18(22)25-12-14-7-3-1-4-8-14)19-27(23,24)26-13-15-9-5-2-6-10-15/h1-10,16,19H,11-13H2,(H,20,21)/t16-/m0/s1. The van der Waals surface area contributed by atoms with Crippen LogP contribution in [0.25, 0.3) is 0 Å². The Morgan fingerprint density at radius 2 is 1.44 bits per heavy atom. The van der Waals surface area contributed by atoms with Crippen LogP contribution >= 0.6 is 0 Å². The Morgan fingerprint density at radius 3 is 1.96 bits per heavy atom. The summed E-state index contributed by atoms with van der Waals surface area (Å²) in [6, 6.07) is 15.6. The van der Waals surface area contributed by atoms with E-state index >= 15 is 0 Å². The van der Waals surface area contributed by atoms with E-state index in [2.05, 4.69) is 0 Å². The van der Waals surface area contributed by atoms with Gasteiger partial charge in [-0.15, -0.1) is 0 Å². The van der Waals surface area contributed by atoms with Gasteiger partial charge in [-0.25, -0.2) is 0 Å². The molecule has 0 radical (unpaired) electrons. The van der Waals surface area contributed by atoms with Gasteiger partial charge in [0, 0.05) is 0 Å². The number of hydrogen-bond acceptors (Lipinski definition) is 6. The SMILES string of the molecule is O=C(O)C[C@H](NS(=O)(=O)OCc1ccccc1)C(=O)OCc1ccccc1. The molecular weight excluding hydrogens is 374 g/mol. The molecule has 2 aromatic rings. The first-order valence-electron chi connectivity index (χ1n) is 7.99. The maximum atomic E-state index is 12.1. The lowest BCUT2D eigenvalue weighted by atomic mass is 10.2. The summed E-state index contributed by atoms with van der Waals surface area (Å²) < 4.78 is 35.8. The molecule has 0 bridgehead atoms. The van der Waals surface area contributed by atoms with Gasteiger partial charge in [-0.1, -0.05) is 60.7 Å². The molecule has 0 spiro atoms. The fourth-order valence-electron chi connectivity index (χ4n) is 2.11. The first-order valence-corrected chi connectivity index (χ1v) is 9.39. The molecule has 0 saturated heterocycles. The molecule has 0 heterocycles. The summed E-state index contributed by atoms with van der Waals surface area (Å²) in [5.41, 5.74) is 1.28. The Kier molecular flexibility index (Phi) is 7.47. The highest BCUT2D eigenvalue weighted by Gasteiger charge is 2.29. The van der Waals surface area contributed by atoms with E-state index in [0.717, 1.165) is 0 Å². The van der Waals surface area contributed by atoms with Crippen LogP contribution in [0.4, 0.5) is 0 Å². The maximum absolute atomic E-state index is 12.1. The lowest BCUT2D eigenvalue weighted by Crippen LogP contribution is -2.43. The quantitative estimate of drug-likeness (QED) is 0.589. The third-order valence-corrected chi connectivity index (χ3v) is 4.40. The Balaban J connectivity index is 1.97. The third-order valence-electron chi connectivity index (χ3n) is 3.40. The van der Waals surface area contributed by atoms with Crippen molar-refractivity contribution in [1.82, 2.24) is 4.72 Å². The number of carbonyl (C=O) groups excluding carboxylic acids is 1. The molecule has 2 rings (SSSR count). The highest BCUT2D eigenvalue weighted by atomic mass is 32.2. The first kappa shape index (κ1) is 20.6. The lowest BCUT2D eigenvalue weighted by molar-refractivity contribution is -0.151. The average Bonchev–Trinajstić information content (AvgIpc) is 2.65. The Bertz CT molecular complexity index is 854. The van der Waals surface area contributed by atoms with Gasteiger partial charge in [-0.05, 0) is 11.1 Å². The highest BCUT2D eigenvalue weighted by molar-refractivity contribution is 7.84. The number of esters is 1. The van der Waals surface area contributed by atoms with Crippen LogP contribution in [0.5, 0.6) is 0 Å². The summed E-state index contributed by atoms with van der Waals surface area (Å²) in [4.78, 5) is 23.1. The predicted molar refractivity (Wildman–Crippen MR) is 95.6 cm³/mol. The zero-order valence-corrected chi connectivity index (χ0v) is 15.1. The minimum atomic E-state index is -4.37. The molecule has 1 atom stereocenters. The predicted octanol–water partition coefficient (Wildman–Crippen LogP) is 1.62. The van der Waals surface area contributed by atoms with Gasteiger partial charge in [0.1, 0.15) is 12.6 Å². The van der Waals surface area contributed by atoms with E-state index in [9.17, 15) is 18.0 Å². The summed E-state index contributed by atoms with van der Waals surface area (Å²) in [6.45, 7) is -0.364. The number of rotatable bonds is 10.